The Balaban J connectivity index is 1.36. The summed E-state index contributed by atoms with van der Waals surface area (Å²) >= 11 is 1.18. The summed E-state index contributed by atoms with van der Waals surface area (Å²) in [7, 11) is -3.78. The topological polar surface area (TPSA) is 121 Å². The lowest BCUT2D eigenvalue weighted by Crippen LogP contribution is -2.50. The highest BCUT2D eigenvalue weighted by molar-refractivity contribution is 7.89. The average molecular weight is 508 g/mol. The van der Waals surface area contributed by atoms with Crippen LogP contribution in [-0.4, -0.2) is 67.4 Å². The summed E-state index contributed by atoms with van der Waals surface area (Å²) in [6.07, 6.45) is -0.459. The molecule has 0 spiro atoms. The number of nitrogens with zero attached hydrogens (tertiary/aromatic N) is 3. The second kappa shape index (κ2) is 9.91. The van der Waals surface area contributed by atoms with Gasteiger partial charge in [0.1, 0.15) is 11.3 Å². The lowest BCUT2D eigenvalue weighted by molar-refractivity contribution is 0.0933. The molecule has 3 aromatic rings. The third kappa shape index (κ3) is 4.95. The molecule has 0 atom stereocenters. The SMILES string of the molecule is CCOC(=O)N1CCN(S(=O)(=O)c2ccc(C(=O)NNc3nc4c(F)cccc4s3)cc2)CC1. The number of hydrazine groups is 1. The summed E-state index contributed by atoms with van der Waals surface area (Å²) in [5.74, 6) is -0.959. The summed E-state index contributed by atoms with van der Waals surface area (Å²) in [4.78, 5) is 29.9. The van der Waals surface area contributed by atoms with E-state index in [2.05, 4.69) is 15.8 Å². The van der Waals surface area contributed by atoms with Crippen molar-refractivity contribution >= 4 is 48.7 Å². The number of fused-ring (bicyclic) bond motifs is 1. The number of aromatic nitrogens is 1. The van der Waals surface area contributed by atoms with Crippen molar-refractivity contribution in [2.45, 2.75) is 11.8 Å². The van der Waals surface area contributed by atoms with Crippen LogP contribution in [0.15, 0.2) is 47.4 Å². The van der Waals surface area contributed by atoms with E-state index in [1.165, 1.54) is 50.9 Å². The van der Waals surface area contributed by atoms with Crippen molar-refractivity contribution in [3.8, 4) is 0 Å². The Morgan fingerprint density at radius 3 is 2.47 bits per heavy atom. The number of benzene rings is 2. The molecule has 4 rings (SSSR count). The number of ether oxygens (including phenoxy) is 1. The fourth-order valence-electron chi connectivity index (χ4n) is 3.40. The molecule has 2 heterocycles. The summed E-state index contributed by atoms with van der Waals surface area (Å²) in [6, 6.07) is 10.1. The van der Waals surface area contributed by atoms with Crippen LogP contribution in [0.4, 0.5) is 14.3 Å². The lowest BCUT2D eigenvalue weighted by atomic mass is 10.2. The van der Waals surface area contributed by atoms with Crippen LogP contribution in [0.5, 0.6) is 0 Å². The summed E-state index contributed by atoms with van der Waals surface area (Å²) in [5, 5.41) is 0.314. The summed E-state index contributed by atoms with van der Waals surface area (Å²) < 4.78 is 46.5. The molecule has 2 aromatic carbocycles. The van der Waals surface area contributed by atoms with Gasteiger partial charge in [-0.25, -0.2) is 22.6 Å². The number of rotatable bonds is 6. The van der Waals surface area contributed by atoms with Crippen molar-refractivity contribution in [3.63, 3.8) is 0 Å². The van der Waals surface area contributed by atoms with Gasteiger partial charge in [0.25, 0.3) is 5.91 Å². The van der Waals surface area contributed by atoms with Crippen molar-refractivity contribution < 1.29 is 27.1 Å². The van der Waals surface area contributed by atoms with E-state index in [9.17, 15) is 22.4 Å². The predicted molar refractivity (Wildman–Crippen MR) is 124 cm³/mol. The zero-order valence-electron chi connectivity index (χ0n) is 18.2. The van der Waals surface area contributed by atoms with E-state index in [1.807, 2.05) is 0 Å². The maximum Gasteiger partial charge on any atom is 0.409 e. The van der Waals surface area contributed by atoms with Gasteiger partial charge in [-0.3, -0.25) is 15.6 Å². The van der Waals surface area contributed by atoms with Crippen LogP contribution >= 0.6 is 11.3 Å². The molecule has 0 radical (unpaired) electrons. The van der Waals surface area contributed by atoms with E-state index in [-0.39, 0.29) is 48.8 Å². The molecule has 0 aliphatic carbocycles. The Kier molecular flexibility index (Phi) is 6.95. The van der Waals surface area contributed by atoms with Crippen LogP contribution in [0.3, 0.4) is 0 Å². The Bertz CT molecular complexity index is 1300. The molecule has 34 heavy (non-hydrogen) atoms. The number of halogens is 1. The van der Waals surface area contributed by atoms with Crippen LogP contribution < -0.4 is 10.9 Å². The van der Waals surface area contributed by atoms with E-state index in [1.54, 1.807) is 19.1 Å². The maximum absolute atomic E-state index is 13.8. The van der Waals surface area contributed by atoms with Crippen LogP contribution in [0, 0.1) is 5.82 Å². The van der Waals surface area contributed by atoms with E-state index < -0.39 is 27.8 Å². The van der Waals surface area contributed by atoms with Gasteiger partial charge in [-0.2, -0.15) is 4.31 Å². The molecule has 1 aliphatic heterocycles. The van der Waals surface area contributed by atoms with Crippen LogP contribution in [0.25, 0.3) is 10.2 Å². The third-order valence-electron chi connectivity index (χ3n) is 5.17. The molecular formula is C21H22FN5O5S2. The van der Waals surface area contributed by atoms with Crippen molar-refractivity contribution in [1.29, 1.82) is 0 Å². The second-order valence-electron chi connectivity index (χ2n) is 7.30. The van der Waals surface area contributed by atoms with Gasteiger partial charge in [0.05, 0.1) is 16.2 Å². The molecule has 10 nitrogen and oxygen atoms in total. The van der Waals surface area contributed by atoms with E-state index >= 15 is 0 Å². The first-order chi connectivity index (χ1) is 16.3. The van der Waals surface area contributed by atoms with Crippen molar-refractivity contribution in [1.82, 2.24) is 19.6 Å². The molecule has 1 fully saturated rings. The normalized spacial score (nSPS) is 14.7. The fraction of sp³-hybridized carbons (Fsp3) is 0.286. The minimum atomic E-state index is -3.78. The number of carbonyl (C=O) groups is 2. The summed E-state index contributed by atoms with van der Waals surface area (Å²) in [5.41, 5.74) is 5.56. The van der Waals surface area contributed by atoms with E-state index in [0.29, 0.717) is 9.83 Å². The smallest absolute Gasteiger partial charge is 0.409 e. The van der Waals surface area contributed by atoms with Crippen LogP contribution in [0.2, 0.25) is 0 Å². The molecule has 1 aliphatic rings. The predicted octanol–water partition coefficient (Wildman–Crippen LogP) is 2.66. The number of anilines is 1. The molecule has 0 saturated carbocycles. The Morgan fingerprint density at radius 1 is 1.12 bits per heavy atom. The Morgan fingerprint density at radius 2 is 1.82 bits per heavy atom. The number of sulfonamides is 1. The highest BCUT2D eigenvalue weighted by Gasteiger charge is 2.30. The minimum Gasteiger partial charge on any atom is -0.450 e. The minimum absolute atomic E-state index is 0.0447. The zero-order valence-corrected chi connectivity index (χ0v) is 19.8. The third-order valence-corrected chi connectivity index (χ3v) is 8.02. The maximum atomic E-state index is 13.8. The van der Waals surface area contributed by atoms with Gasteiger partial charge in [-0.05, 0) is 43.3 Å². The van der Waals surface area contributed by atoms with Gasteiger partial charge in [0.2, 0.25) is 15.2 Å². The number of piperazine rings is 1. The highest BCUT2D eigenvalue weighted by atomic mass is 32.2. The van der Waals surface area contributed by atoms with Gasteiger partial charge < -0.3 is 9.64 Å². The molecule has 13 heteroatoms. The largest absolute Gasteiger partial charge is 0.450 e. The van der Waals surface area contributed by atoms with Crippen molar-refractivity contribution in [2.75, 3.05) is 38.2 Å². The van der Waals surface area contributed by atoms with Crippen LogP contribution in [-0.2, 0) is 14.8 Å². The number of amides is 2. The lowest BCUT2D eigenvalue weighted by Gasteiger charge is -2.33. The van der Waals surface area contributed by atoms with Gasteiger partial charge in [-0.15, -0.1) is 0 Å². The highest BCUT2D eigenvalue weighted by Crippen LogP contribution is 2.27. The number of hydrogen-bond donors (Lipinski definition) is 2. The van der Waals surface area contributed by atoms with Crippen molar-refractivity contribution in [3.05, 3.63) is 53.8 Å². The number of nitrogens with one attached hydrogen (secondary N) is 2. The first kappa shape index (κ1) is 23.9. The van der Waals surface area contributed by atoms with Gasteiger partial charge in [0, 0.05) is 31.7 Å². The fourth-order valence-corrected chi connectivity index (χ4v) is 5.66. The van der Waals surface area contributed by atoms with Crippen LogP contribution in [0.1, 0.15) is 17.3 Å². The van der Waals surface area contributed by atoms with E-state index in [0.717, 1.165) is 0 Å². The molecule has 2 N–H and O–H groups in total. The standard InChI is InChI=1S/C21H22FN5O5S2/c1-2-32-21(29)26-10-12-27(13-11-26)34(30,31)15-8-6-14(7-9-15)19(28)24-25-20-23-18-16(22)4-3-5-17(18)33-20/h3-9H,2,10-13H2,1H3,(H,23,25)(H,24,28). The molecule has 1 saturated heterocycles. The first-order valence-electron chi connectivity index (χ1n) is 10.4. The molecule has 0 unspecified atom stereocenters. The molecule has 2 amide bonds. The van der Waals surface area contributed by atoms with Gasteiger partial charge >= 0.3 is 6.09 Å². The van der Waals surface area contributed by atoms with Gasteiger partial charge in [0.15, 0.2) is 0 Å². The number of para-hydroxylation sites is 1. The van der Waals surface area contributed by atoms with E-state index in [4.69, 9.17) is 4.74 Å². The van der Waals surface area contributed by atoms with Crippen molar-refractivity contribution in [2.24, 2.45) is 0 Å². The number of thiazole rings is 1. The number of hydrogen-bond acceptors (Lipinski definition) is 8. The quantitative estimate of drug-likeness (QED) is 0.492. The Labute approximate surface area is 199 Å². The monoisotopic (exact) mass is 507 g/mol. The first-order valence-corrected chi connectivity index (χ1v) is 12.7. The zero-order chi connectivity index (χ0) is 24.3. The summed E-state index contributed by atoms with van der Waals surface area (Å²) in [6.45, 7) is 2.73. The average Bonchev–Trinajstić information content (AvgIpc) is 3.27. The number of carbonyl (C=O) groups excluding carboxylic acids is 2. The molecular weight excluding hydrogens is 485 g/mol. The van der Waals surface area contributed by atoms with Gasteiger partial charge in [-0.1, -0.05) is 17.4 Å². The molecule has 0 bridgehead atoms. The molecule has 1 aromatic heterocycles. The second-order valence-corrected chi connectivity index (χ2v) is 10.3. The Hall–Kier alpha value is -3.29. The molecule has 180 valence electrons.